The van der Waals surface area contributed by atoms with Gasteiger partial charge in [-0.05, 0) is 22.9 Å². The molecule has 0 saturated carbocycles. The van der Waals surface area contributed by atoms with Crippen LogP contribution in [-0.2, 0) is 10.0 Å². The summed E-state index contributed by atoms with van der Waals surface area (Å²) in [4.78, 5) is 2.87. The number of benzene rings is 2. The number of thiocarbonyl (C=S) groups is 1. The molecule has 2 aromatic rings. The van der Waals surface area contributed by atoms with Gasteiger partial charge < -0.3 is 5.73 Å². The van der Waals surface area contributed by atoms with Crippen molar-refractivity contribution < 1.29 is 8.42 Å². The summed E-state index contributed by atoms with van der Waals surface area (Å²) < 4.78 is 27.2. The van der Waals surface area contributed by atoms with E-state index < -0.39 is 10.0 Å². The highest BCUT2D eigenvalue weighted by molar-refractivity contribution is 7.89. The predicted octanol–water partition coefficient (Wildman–Crippen LogP) is 1.43. The van der Waals surface area contributed by atoms with Gasteiger partial charge in [-0.1, -0.05) is 42.5 Å². The van der Waals surface area contributed by atoms with Crippen LogP contribution in [0.5, 0.6) is 0 Å². The monoisotopic (exact) mass is 349 g/mol. The van der Waals surface area contributed by atoms with E-state index >= 15 is 0 Å². The van der Waals surface area contributed by atoms with Gasteiger partial charge in [0.15, 0.2) is 0 Å². The molecule has 2 aromatic carbocycles. The van der Waals surface area contributed by atoms with E-state index in [4.69, 9.17) is 18.0 Å². The Morgan fingerprint density at radius 3 is 2.35 bits per heavy atom. The predicted molar refractivity (Wildman–Crippen MR) is 95.9 cm³/mol. The minimum Gasteiger partial charge on any atom is -0.392 e. The Hall–Kier alpha value is -1.54. The van der Waals surface area contributed by atoms with Gasteiger partial charge >= 0.3 is 0 Å². The topological polar surface area (TPSA) is 66.6 Å². The summed E-state index contributed by atoms with van der Waals surface area (Å²) in [7, 11) is -3.46. The second kappa shape index (κ2) is 6.52. The molecule has 7 heteroatoms. The molecule has 1 saturated heterocycles. The third-order valence-electron chi connectivity index (χ3n) is 4.07. The van der Waals surface area contributed by atoms with Crippen LogP contribution in [0.15, 0.2) is 47.4 Å². The van der Waals surface area contributed by atoms with E-state index in [0.29, 0.717) is 42.6 Å². The van der Waals surface area contributed by atoms with Crippen molar-refractivity contribution >= 4 is 38.0 Å². The van der Waals surface area contributed by atoms with E-state index in [1.165, 1.54) is 4.31 Å². The standard InChI is InChI=1S/C16H19N3O2S2/c17-16(22)12-18-7-9-19(10-8-18)23(20,21)15-6-5-13-3-1-2-4-14(13)11-15/h1-6,11H,7-10,12H2,(H2,17,22). The van der Waals surface area contributed by atoms with Gasteiger partial charge in [-0.25, -0.2) is 8.42 Å². The number of nitrogens with two attached hydrogens (primary N) is 1. The second-order valence-electron chi connectivity index (χ2n) is 5.66. The maximum absolute atomic E-state index is 12.8. The Kier molecular flexibility index (Phi) is 4.63. The minimum absolute atomic E-state index is 0.346. The molecule has 0 aromatic heterocycles. The fourth-order valence-electron chi connectivity index (χ4n) is 2.83. The van der Waals surface area contributed by atoms with Crippen molar-refractivity contribution in [1.82, 2.24) is 9.21 Å². The first-order valence-corrected chi connectivity index (χ1v) is 9.31. The largest absolute Gasteiger partial charge is 0.392 e. The van der Waals surface area contributed by atoms with Gasteiger partial charge in [0.1, 0.15) is 0 Å². The molecule has 1 fully saturated rings. The lowest BCUT2D eigenvalue weighted by Crippen LogP contribution is -2.50. The normalized spacial score (nSPS) is 17.4. The first-order chi connectivity index (χ1) is 11.0. The van der Waals surface area contributed by atoms with Crippen LogP contribution in [0.25, 0.3) is 10.8 Å². The van der Waals surface area contributed by atoms with Crippen LogP contribution in [0.2, 0.25) is 0 Å². The lowest BCUT2D eigenvalue weighted by atomic mass is 10.1. The van der Waals surface area contributed by atoms with Crippen molar-refractivity contribution in [2.75, 3.05) is 32.7 Å². The van der Waals surface area contributed by atoms with Crippen LogP contribution >= 0.6 is 12.2 Å². The van der Waals surface area contributed by atoms with Crippen molar-refractivity contribution in [3.05, 3.63) is 42.5 Å². The van der Waals surface area contributed by atoms with Gasteiger partial charge in [-0.2, -0.15) is 4.31 Å². The van der Waals surface area contributed by atoms with E-state index in [2.05, 4.69) is 4.90 Å². The Bertz CT molecular complexity index is 828. The summed E-state index contributed by atoms with van der Waals surface area (Å²) in [5.41, 5.74) is 5.55. The molecule has 0 atom stereocenters. The molecule has 0 spiro atoms. The van der Waals surface area contributed by atoms with Crippen LogP contribution in [0.4, 0.5) is 0 Å². The highest BCUT2D eigenvalue weighted by atomic mass is 32.2. The number of fused-ring (bicyclic) bond motifs is 1. The Balaban J connectivity index is 1.79. The second-order valence-corrected chi connectivity index (χ2v) is 8.12. The molecule has 3 rings (SSSR count). The van der Waals surface area contributed by atoms with Crippen LogP contribution in [0, 0.1) is 0 Å². The third-order valence-corrected chi connectivity index (χ3v) is 6.09. The summed E-state index contributed by atoms with van der Waals surface area (Å²) in [5, 5.41) is 1.97. The zero-order valence-electron chi connectivity index (χ0n) is 12.7. The van der Waals surface area contributed by atoms with Crippen molar-refractivity contribution in [2.45, 2.75) is 4.90 Å². The molecule has 23 heavy (non-hydrogen) atoms. The van der Waals surface area contributed by atoms with Crippen molar-refractivity contribution in [1.29, 1.82) is 0 Å². The number of rotatable bonds is 4. The van der Waals surface area contributed by atoms with Crippen LogP contribution < -0.4 is 5.73 Å². The zero-order chi connectivity index (χ0) is 16.4. The fraction of sp³-hybridized carbons (Fsp3) is 0.312. The fourth-order valence-corrected chi connectivity index (χ4v) is 4.47. The van der Waals surface area contributed by atoms with Gasteiger partial charge in [0, 0.05) is 32.7 Å². The highest BCUT2D eigenvalue weighted by Gasteiger charge is 2.28. The molecule has 1 aliphatic rings. The number of sulfonamides is 1. The zero-order valence-corrected chi connectivity index (χ0v) is 14.3. The van der Waals surface area contributed by atoms with Crippen molar-refractivity contribution in [3.8, 4) is 0 Å². The summed E-state index contributed by atoms with van der Waals surface area (Å²) >= 11 is 4.90. The molecule has 0 amide bonds. The third kappa shape index (κ3) is 3.53. The molecule has 5 nitrogen and oxygen atoms in total. The molecule has 122 valence electrons. The number of hydrogen-bond acceptors (Lipinski definition) is 4. The average molecular weight is 349 g/mol. The first-order valence-electron chi connectivity index (χ1n) is 7.46. The molecule has 1 aliphatic heterocycles. The van der Waals surface area contributed by atoms with Crippen LogP contribution in [-0.4, -0.2) is 55.3 Å². The average Bonchev–Trinajstić information content (AvgIpc) is 2.54. The lowest BCUT2D eigenvalue weighted by molar-refractivity contribution is 0.209. The molecule has 2 N–H and O–H groups in total. The van der Waals surface area contributed by atoms with Gasteiger partial charge in [-0.15, -0.1) is 0 Å². The SMILES string of the molecule is NC(=S)CN1CCN(S(=O)(=O)c2ccc3ccccc3c2)CC1. The minimum atomic E-state index is -3.46. The van der Waals surface area contributed by atoms with E-state index in [0.717, 1.165) is 10.8 Å². The van der Waals surface area contributed by atoms with Gasteiger partial charge in [0.25, 0.3) is 0 Å². The maximum Gasteiger partial charge on any atom is 0.243 e. The number of hydrogen-bond donors (Lipinski definition) is 1. The molecule has 0 unspecified atom stereocenters. The number of nitrogens with zero attached hydrogens (tertiary/aromatic N) is 2. The van der Waals surface area contributed by atoms with Gasteiger partial charge in [0.05, 0.1) is 9.88 Å². The molecule has 0 aliphatic carbocycles. The van der Waals surface area contributed by atoms with E-state index in [9.17, 15) is 8.42 Å². The van der Waals surface area contributed by atoms with Crippen molar-refractivity contribution in [3.63, 3.8) is 0 Å². The lowest BCUT2D eigenvalue weighted by Gasteiger charge is -2.33. The first kappa shape index (κ1) is 16.3. The molecule has 1 heterocycles. The molecule has 0 bridgehead atoms. The Morgan fingerprint density at radius 1 is 1.04 bits per heavy atom. The van der Waals surface area contributed by atoms with Gasteiger partial charge in [-0.3, -0.25) is 4.90 Å². The van der Waals surface area contributed by atoms with Crippen molar-refractivity contribution in [2.24, 2.45) is 5.73 Å². The number of piperazine rings is 1. The molecule has 0 radical (unpaired) electrons. The van der Waals surface area contributed by atoms with Crippen LogP contribution in [0.3, 0.4) is 0 Å². The highest BCUT2D eigenvalue weighted by Crippen LogP contribution is 2.22. The Morgan fingerprint density at radius 2 is 1.70 bits per heavy atom. The van der Waals surface area contributed by atoms with Gasteiger partial charge in [0.2, 0.25) is 10.0 Å². The quantitative estimate of drug-likeness (QED) is 0.846. The summed E-state index contributed by atoms with van der Waals surface area (Å²) in [6.45, 7) is 2.74. The Labute approximate surface area is 141 Å². The van der Waals surface area contributed by atoms with E-state index in [-0.39, 0.29) is 0 Å². The van der Waals surface area contributed by atoms with E-state index in [1.54, 1.807) is 12.1 Å². The summed E-state index contributed by atoms with van der Waals surface area (Å²) in [5.74, 6) is 0. The molecular weight excluding hydrogens is 330 g/mol. The maximum atomic E-state index is 12.8. The smallest absolute Gasteiger partial charge is 0.243 e. The van der Waals surface area contributed by atoms with Crippen LogP contribution in [0.1, 0.15) is 0 Å². The summed E-state index contributed by atoms with van der Waals surface area (Å²) in [6, 6.07) is 13.0. The summed E-state index contributed by atoms with van der Waals surface area (Å²) in [6.07, 6.45) is 0. The van der Waals surface area contributed by atoms with E-state index in [1.807, 2.05) is 30.3 Å². The molecular formula is C16H19N3O2S2.